The van der Waals surface area contributed by atoms with Crippen molar-refractivity contribution in [2.45, 2.75) is 6.42 Å². The largest absolute Gasteiger partial charge is 0.508 e. The molecule has 0 atom stereocenters. The molecule has 0 radical (unpaired) electrons. The number of hydrogen-bond acceptors (Lipinski definition) is 2. The Balaban J connectivity index is 1.81. The summed E-state index contributed by atoms with van der Waals surface area (Å²) < 4.78 is 0. The van der Waals surface area contributed by atoms with Gasteiger partial charge < -0.3 is 5.11 Å². The summed E-state index contributed by atoms with van der Waals surface area (Å²) in [5.41, 5.74) is 8.46. The molecule has 0 unspecified atom stereocenters. The second kappa shape index (κ2) is 6.26. The van der Waals surface area contributed by atoms with Gasteiger partial charge >= 0.3 is 0 Å². The highest BCUT2D eigenvalue weighted by Crippen LogP contribution is 2.43. The maximum atomic E-state index is 9.99. The molecule has 5 rings (SSSR count). The number of pyridine rings is 1. The van der Waals surface area contributed by atoms with Crippen LogP contribution in [0.4, 0.5) is 0 Å². The Hall–Kier alpha value is -3.10. The van der Waals surface area contributed by atoms with Crippen molar-refractivity contribution in [3.8, 4) is 39.4 Å². The van der Waals surface area contributed by atoms with Gasteiger partial charge in [0.25, 0.3) is 0 Å². The summed E-state index contributed by atoms with van der Waals surface area (Å²) in [5.74, 6) is 0.257. The minimum Gasteiger partial charge on any atom is -0.508 e. The van der Waals surface area contributed by atoms with E-state index in [1.165, 1.54) is 16.7 Å². The van der Waals surface area contributed by atoms with E-state index in [0.717, 1.165) is 34.5 Å². The second-order valence-electron chi connectivity index (χ2n) is 6.75. The third-order valence-electron chi connectivity index (χ3n) is 5.07. The van der Waals surface area contributed by atoms with Gasteiger partial charge in [-0.1, -0.05) is 66.2 Å². The number of halogens is 1. The van der Waals surface area contributed by atoms with E-state index in [1.807, 2.05) is 42.5 Å². The summed E-state index contributed by atoms with van der Waals surface area (Å²) in [7, 11) is 0. The van der Waals surface area contributed by atoms with Crippen molar-refractivity contribution < 1.29 is 5.11 Å². The first-order chi connectivity index (χ1) is 13.2. The third kappa shape index (κ3) is 2.70. The van der Waals surface area contributed by atoms with E-state index < -0.39 is 0 Å². The average molecular weight is 370 g/mol. The highest BCUT2D eigenvalue weighted by Gasteiger charge is 2.24. The first kappa shape index (κ1) is 16.1. The van der Waals surface area contributed by atoms with Crippen LogP contribution < -0.4 is 0 Å². The van der Waals surface area contributed by atoms with Crippen molar-refractivity contribution in [2.24, 2.45) is 0 Å². The Bertz CT molecular complexity index is 1180. The fraction of sp³-hybridized carbons (Fsp3) is 0.0417. The number of fused-ring (bicyclic) bond motifs is 3. The molecule has 0 bridgehead atoms. The van der Waals surface area contributed by atoms with Crippen LogP contribution in [0.3, 0.4) is 0 Å². The highest BCUT2D eigenvalue weighted by molar-refractivity contribution is 6.33. The van der Waals surface area contributed by atoms with Gasteiger partial charge in [-0.05, 0) is 46.5 Å². The van der Waals surface area contributed by atoms with Gasteiger partial charge in [0.05, 0.1) is 11.4 Å². The Morgan fingerprint density at radius 1 is 0.778 bits per heavy atom. The van der Waals surface area contributed by atoms with Crippen LogP contribution >= 0.6 is 11.6 Å². The zero-order chi connectivity index (χ0) is 18.4. The van der Waals surface area contributed by atoms with Gasteiger partial charge in [0, 0.05) is 22.6 Å². The molecule has 3 aromatic carbocycles. The number of nitrogens with zero attached hydrogens (tertiary/aromatic N) is 1. The monoisotopic (exact) mass is 369 g/mol. The lowest BCUT2D eigenvalue weighted by Crippen LogP contribution is -1.95. The topological polar surface area (TPSA) is 33.1 Å². The molecule has 2 nitrogen and oxygen atoms in total. The van der Waals surface area contributed by atoms with Crippen molar-refractivity contribution in [1.29, 1.82) is 0 Å². The molecule has 27 heavy (non-hydrogen) atoms. The molecule has 3 heteroatoms. The van der Waals surface area contributed by atoms with E-state index in [4.69, 9.17) is 16.6 Å². The molecule has 1 heterocycles. The maximum absolute atomic E-state index is 9.99. The number of hydrogen-bond donors (Lipinski definition) is 1. The standard InChI is InChI=1S/C24H16ClNO/c25-22-11-4-3-10-19(22)23-14-20(15-7-5-8-17(27)12-15)21-13-16-6-1-2-9-18(16)24(21)26-23/h1-12,14,27H,13H2. The molecule has 130 valence electrons. The van der Waals surface area contributed by atoms with Crippen LogP contribution in [0.2, 0.25) is 5.02 Å². The molecule has 1 aromatic heterocycles. The van der Waals surface area contributed by atoms with Crippen molar-refractivity contribution in [2.75, 3.05) is 0 Å². The highest BCUT2D eigenvalue weighted by atomic mass is 35.5. The number of benzene rings is 3. The molecule has 0 amide bonds. The summed E-state index contributed by atoms with van der Waals surface area (Å²) in [5, 5.41) is 10.7. The predicted molar refractivity (Wildman–Crippen MR) is 110 cm³/mol. The van der Waals surface area contributed by atoms with E-state index in [9.17, 15) is 5.11 Å². The average Bonchev–Trinajstić information content (AvgIpc) is 3.06. The first-order valence-corrected chi connectivity index (χ1v) is 9.25. The SMILES string of the molecule is Oc1cccc(-c2cc(-c3ccccc3Cl)nc3c2Cc2ccccc2-3)c1. The number of phenols is 1. The van der Waals surface area contributed by atoms with Gasteiger partial charge in [0.15, 0.2) is 0 Å². The zero-order valence-electron chi connectivity index (χ0n) is 14.5. The van der Waals surface area contributed by atoms with Crippen LogP contribution in [0, 0.1) is 0 Å². The molecule has 1 aliphatic rings. The quantitative estimate of drug-likeness (QED) is 0.393. The van der Waals surface area contributed by atoms with Gasteiger partial charge in [-0.3, -0.25) is 0 Å². The van der Waals surface area contributed by atoms with Crippen LogP contribution in [-0.2, 0) is 6.42 Å². The fourth-order valence-corrected chi connectivity index (χ4v) is 4.04. The Kier molecular flexibility index (Phi) is 3.73. The summed E-state index contributed by atoms with van der Waals surface area (Å²) in [6.45, 7) is 0. The lowest BCUT2D eigenvalue weighted by Gasteiger charge is -2.13. The van der Waals surface area contributed by atoms with Crippen LogP contribution in [0.25, 0.3) is 33.6 Å². The smallest absolute Gasteiger partial charge is 0.116 e. The number of phenolic OH excluding ortho intramolecular Hbond substituents is 1. The van der Waals surface area contributed by atoms with Crippen molar-refractivity contribution >= 4 is 11.6 Å². The van der Waals surface area contributed by atoms with E-state index in [-0.39, 0.29) is 5.75 Å². The van der Waals surface area contributed by atoms with Crippen molar-refractivity contribution in [1.82, 2.24) is 4.98 Å². The Labute approximate surface area is 162 Å². The number of aromatic nitrogens is 1. The van der Waals surface area contributed by atoms with E-state index in [1.54, 1.807) is 12.1 Å². The van der Waals surface area contributed by atoms with Crippen LogP contribution in [0.15, 0.2) is 78.9 Å². The molecule has 0 aliphatic heterocycles. The summed E-state index contributed by atoms with van der Waals surface area (Å²) in [4.78, 5) is 4.99. The van der Waals surface area contributed by atoms with Gasteiger partial charge in [-0.2, -0.15) is 0 Å². The lowest BCUT2D eigenvalue weighted by molar-refractivity contribution is 0.475. The second-order valence-corrected chi connectivity index (χ2v) is 7.15. The normalized spacial score (nSPS) is 11.9. The molecule has 4 aromatic rings. The summed E-state index contributed by atoms with van der Waals surface area (Å²) in [6.07, 6.45) is 0.840. The Morgan fingerprint density at radius 3 is 2.37 bits per heavy atom. The van der Waals surface area contributed by atoms with Crippen LogP contribution in [-0.4, -0.2) is 10.1 Å². The Morgan fingerprint density at radius 2 is 1.56 bits per heavy atom. The third-order valence-corrected chi connectivity index (χ3v) is 5.40. The number of aromatic hydroxyl groups is 1. The zero-order valence-corrected chi connectivity index (χ0v) is 15.2. The molecule has 0 saturated heterocycles. The molecular weight excluding hydrogens is 354 g/mol. The van der Waals surface area contributed by atoms with E-state index in [2.05, 4.69) is 24.3 Å². The fourth-order valence-electron chi connectivity index (χ4n) is 3.81. The van der Waals surface area contributed by atoms with Crippen molar-refractivity contribution in [3.63, 3.8) is 0 Å². The number of rotatable bonds is 2. The predicted octanol–water partition coefficient (Wildman–Crippen LogP) is 6.35. The van der Waals surface area contributed by atoms with Crippen molar-refractivity contribution in [3.05, 3.63) is 95.0 Å². The van der Waals surface area contributed by atoms with Gasteiger partial charge in [0.1, 0.15) is 5.75 Å². The van der Waals surface area contributed by atoms with Gasteiger partial charge in [-0.25, -0.2) is 4.98 Å². The van der Waals surface area contributed by atoms with E-state index >= 15 is 0 Å². The molecule has 1 N–H and O–H groups in total. The first-order valence-electron chi connectivity index (χ1n) is 8.87. The van der Waals surface area contributed by atoms with Crippen LogP contribution in [0.5, 0.6) is 5.75 Å². The van der Waals surface area contributed by atoms with Crippen LogP contribution in [0.1, 0.15) is 11.1 Å². The minimum absolute atomic E-state index is 0.257. The van der Waals surface area contributed by atoms with E-state index in [0.29, 0.717) is 5.02 Å². The van der Waals surface area contributed by atoms with Gasteiger partial charge in [-0.15, -0.1) is 0 Å². The molecule has 0 saturated carbocycles. The molecule has 0 spiro atoms. The lowest BCUT2D eigenvalue weighted by atomic mass is 9.96. The summed E-state index contributed by atoms with van der Waals surface area (Å²) in [6, 6.07) is 25.6. The molecular formula is C24H16ClNO. The molecule has 0 fully saturated rings. The van der Waals surface area contributed by atoms with Gasteiger partial charge in [0.2, 0.25) is 0 Å². The molecule has 1 aliphatic carbocycles. The maximum Gasteiger partial charge on any atom is 0.116 e. The minimum atomic E-state index is 0.257. The summed E-state index contributed by atoms with van der Waals surface area (Å²) >= 11 is 6.45.